The maximum atomic E-state index is 13.5. The number of carbonyl (C=O) groups excluding carboxylic acids is 1. The molecular formula is C16H17F2N3O. The van der Waals surface area contributed by atoms with Crippen molar-refractivity contribution >= 4 is 5.91 Å². The molecule has 6 heteroatoms. The minimum absolute atomic E-state index is 0.0409. The highest BCUT2D eigenvalue weighted by Crippen LogP contribution is 2.37. The van der Waals surface area contributed by atoms with Gasteiger partial charge in [-0.1, -0.05) is 0 Å². The van der Waals surface area contributed by atoms with Crippen LogP contribution in [0.5, 0.6) is 0 Å². The first-order chi connectivity index (χ1) is 10.6. The summed E-state index contributed by atoms with van der Waals surface area (Å²) in [6, 6.07) is 4.08. The lowest BCUT2D eigenvalue weighted by molar-refractivity contribution is -0.120. The van der Waals surface area contributed by atoms with Gasteiger partial charge < -0.3 is 10.6 Å². The van der Waals surface area contributed by atoms with Gasteiger partial charge in [0, 0.05) is 30.7 Å². The average molecular weight is 305 g/mol. The summed E-state index contributed by atoms with van der Waals surface area (Å²) in [4.78, 5) is 11.8. The summed E-state index contributed by atoms with van der Waals surface area (Å²) in [7, 11) is 1.74. The Morgan fingerprint density at radius 1 is 1.50 bits per heavy atom. The number of nitrogens with zero attached hydrogens (tertiary/aromatic N) is 1. The lowest BCUT2D eigenvalue weighted by Crippen LogP contribution is -2.36. The second-order valence-electron chi connectivity index (χ2n) is 5.24. The number of amides is 1. The van der Waals surface area contributed by atoms with E-state index in [9.17, 15) is 13.6 Å². The van der Waals surface area contributed by atoms with Gasteiger partial charge in [-0.15, -0.1) is 0 Å². The molecule has 2 atom stereocenters. The number of nitriles is 1. The molecule has 0 fully saturated rings. The van der Waals surface area contributed by atoms with Gasteiger partial charge in [0.1, 0.15) is 0 Å². The first-order valence-corrected chi connectivity index (χ1v) is 7.06. The van der Waals surface area contributed by atoms with Crippen molar-refractivity contribution in [2.75, 3.05) is 7.05 Å². The highest BCUT2D eigenvalue weighted by molar-refractivity contribution is 5.77. The maximum Gasteiger partial charge on any atom is 0.225 e. The summed E-state index contributed by atoms with van der Waals surface area (Å²) in [6.45, 7) is 0. The smallest absolute Gasteiger partial charge is 0.225 e. The Kier molecular flexibility index (Phi) is 5.23. The van der Waals surface area contributed by atoms with E-state index in [2.05, 4.69) is 10.6 Å². The molecule has 1 aliphatic carbocycles. The number of nitrogens with one attached hydrogen (secondary N) is 2. The Balaban J connectivity index is 2.11. The second kappa shape index (κ2) is 7.14. The molecule has 1 aliphatic rings. The van der Waals surface area contributed by atoms with E-state index in [1.165, 1.54) is 24.4 Å². The Labute approximate surface area is 127 Å². The Morgan fingerprint density at radius 3 is 2.91 bits per heavy atom. The van der Waals surface area contributed by atoms with Crippen LogP contribution in [0.4, 0.5) is 8.78 Å². The van der Waals surface area contributed by atoms with Crippen LogP contribution < -0.4 is 10.6 Å². The molecular weight excluding hydrogens is 288 g/mol. The highest BCUT2D eigenvalue weighted by atomic mass is 19.2. The minimum atomic E-state index is -0.859. The van der Waals surface area contributed by atoms with Gasteiger partial charge in [-0.05, 0) is 43.1 Å². The van der Waals surface area contributed by atoms with E-state index >= 15 is 0 Å². The van der Waals surface area contributed by atoms with E-state index < -0.39 is 11.6 Å². The van der Waals surface area contributed by atoms with E-state index in [0.717, 1.165) is 17.5 Å². The minimum Gasteiger partial charge on any atom is -0.332 e. The molecule has 0 radical (unpaired) electrons. The predicted molar refractivity (Wildman–Crippen MR) is 77.8 cm³/mol. The molecule has 0 spiro atoms. The van der Waals surface area contributed by atoms with Crippen LogP contribution >= 0.6 is 0 Å². The molecule has 1 aromatic rings. The summed E-state index contributed by atoms with van der Waals surface area (Å²) in [5.74, 6) is -1.97. The van der Waals surface area contributed by atoms with E-state index in [4.69, 9.17) is 5.26 Å². The number of likely N-dealkylation sites (N-methyl/N-ethyl adjacent to an activating group) is 1. The van der Waals surface area contributed by atoms with Crippen molar-refractivity contribution in [1.82, 2.24) is 10.6 Å². The van der Waals surface area contributed by atoms with Crippen molar-refractivity contribution in [1.29, 1.82) is 5.26 Å². The molecule has 0 saturated heterocycles. The molecule has 0 bridgehead atoms. The third-order valence-electron chi connectivity index (χ3n) is 3.97. The standard InChI is InChI=1S/C16H17F2N3O/c1-20-15(9-16(22)21-6-2-5-19)11-4-3-10-7-13(17)14(18)8-12(10)11/h2,6-8,11,15,20H,3-4,9H2,1H3,(H,21,22). The zero-order valence-electron chi connectivity index (χ0n) is 12.2. The van der Waals surface area contributed by atoms with Crippen LogP contribution in [-0.4, -0.2) is 19.0 Å². The normalized spacial score (nSPS) is 18.0. The molecule has 2 rings (SSSR count). The van der Waals surface area contributed by atoms with Gasteiger partial charge in [-0.3, -0.25) is 4.79 Å². The fraction of sp³-hybridized carbons (Fsp3) is 0.375. The summed E-state index contributed by atoms with van der Waals surface area (Å²) in [5.41, 5.74) is 1.56. The Morgan fingerprint density at radius 2 is 2.23 bits per heavy atom. The number of halogens is 2. The molecule has 2 unspecified atom stereocenters. The van der Waals surface area contributed by atoms with E-state index in [0.29, 0.717) is 6.42 Å². The number of fused-ring (bicyclic) bond motifs is 1. The first kappa shape index (κ1) is 16.1. The molecule has 2 N–H and O–H groups in total. The fourth-order valence-electron chi connectivity index (χ4n) is 2.93. The van der Waals surface area contributed by atoms with Crippen molar-refractivity contribution in [2.45, 2.75) is 31.2 Å². The number of aryl methyl sites for hydroxylation is 1. The second-order valence-corrected chi connectivity index (χ2v) is 5.24. The molecule has 22 heavy (non-hydrogen) atoms. The monoisotopic (exact) mass is 305 g/mol. The molecule has 1 amide bonds. The third-order valence-corrected chi connectivity index (χ3v) is 3.97. The molecule has 0 aliphatic heterocycles. The molecule has 1 aromatic carbocycles. The van der Waals surface area contributed by atoms with Gasteiger partial charge in [0.25, 0.3) is 0 Å². The van der Waals surface area contributed by atoms with Crippen LogP contribution in [0.1, 0.15) is 29.9 Å². The van der Waals surface area contributed by atoms with Gasteiger partial charge in [-0.25, -0.2) is 8.78 Å². The fourth-order valence-corrected chi connectivity index (χ4v) is 2.93. The SMILES string of the molecule is CNC(CC(=O)NC=CC#N)C1CCc2cc(F)c(F)cc21. The zero-order valence-corrected chi connectivity index (χ0v) is 12.2. The van der Waals surface area contributed by atoms with Crippen molar-refractivity contribution in [3.63, 3.8) is 0 Å². The summed E-state index contributed by atoms with van der Waals surface area (Å²) in [6.07, 6.45) is 4.06. The molecule has 0 saturated carbocycles. The number of hydrogen-bond acceptors (Lipinski definition) is 3. The maximum absolute atomic E-state index is 13.5. The summed E-state index contributed by atoms with van der Waals surface area (Å²) in [5, 5.41) is 13.9. The number of carbonyl (C=O) groups is 1. The van der Waals surface area contributed by atoms with Crippen molar-refractivity contribution in [3.8, 4) is 6.07 Å². The van der Waals surface area contributed by atoms with Crippen LogP contribution in [0.25, 0.3) is 0 Å². The summed E-state index contributed by atoms with van der Waals surface area (Å²) < 4.78 is 26.7. The predicted octanol–water partition coefficient (Wildman–Crippen LogP) is 2.13. The lowest BCUT2D eigenvalue weighted by atomic mass is 9.90. The Hall–Kier alpha value is -2.26. The number of allylic oxidation sites excluding steroid dienone is 1. The summed E-state index contributed by atoms with van der Waals surface area (Å²) >= 11 is 0. The van der Waals surface area contributed by atoms with Crippen LogP contribution in [-0.2, 0) is 11.2 Å². The lowest BCUT2D eigenvalue weighted by Gasteiger charge is -2.23. The van der Waals surface area contributed by atoms with Gasteiger partial charge in [0.15, 0.2) is 11.6 Å². The van der Waals surface area contributed by atoms with Crippen LogP contribution in [0, 0.1) is 23.0 Å². The molecule has 116 valence electrons. The largest absolute Gasteiger partial charge is 0.332 e. The zero-order chi connectivity index (χ0) is 16.1. The average Bonchev–Trinajstić information content (AvgIpc) is 2.88. The van der Waals surface area contributed by atoms with E-state index in [1.54, 1.807) is 13.1 Å². The van der Waals surface area contributed by atoms with Gasteiger partial charge >= 0.3 is 0 Å². The number of hydrogen-bond donors (Lipinski definition) is 2. The molecule has 0 aromatic heterocycles. The van der Waals surface area contributed by atoms with Crippen molar-refractivity contribution in [3.05, 3.63) is 47.2 Å². The topological polar surface area (TPSA) is 64.9 Å². The number of rotatable bonds is 5. The number of benzene rings is 1. The molecule has 4 nitrogen and oxygen atoms in total. The van der Waals surface area contributed by atoms with Crippen LogP contribution in [0.2, 0.25) is 0 Å². The quantitative estimate of drug-likeness (QED) is 0.819. The van der Waals surface area contributed by atoms with Crippen molar-refractivity contribution in [2.24, 2.45) is 0 Å². The van der Waals surface area contributed by atoms with Crippen molar-refractivity contribution < 1.29 is 13.6 Å². The third kappa shape index (κ3) is 3.49. The van der Waals surface area contributed by atoms with Crippen LogP contribution in [0.3, 0.4) is 0 Å². The van der Waals surface area contributed by atoms with Gasteiger partial charge in [-0.2, -0.15) is 5.26 Å². The Bertz CT molecular complexity index is 637. The van der Waals surface area contributed by atoms with Gasteiger partial charge in [0.2, 0.25) is 5.91 Å². The van der Waals surface area contributed by atoms with E-state index in [-0.39, 0.29) is 24.3 Å². The first-order valence-electron chi connectivity index (χ1n) is 7.06. The van der Waals surface area contributed by atoms with E-state index in [1.807, 2.05) is 0 Å². The molecule has 0 heterocycles. The highest BCUT2D eigenvalue weighted by Gasteiger charge is 2.31. The van der Waals surface area contributed by atoms with Gasteiger partial charge in [0.05, 0.1) is 6.07 Å². The van der Waals surface area contributed by atoms with Crippen LogP contribution in [0.15, 0.2) is 24.4 Å².